The fourth-order valence-corrected chi connectivity index (χ4v) is 1.70. The zero-order chi connectivity index (χ0) is 9.52. The summed E-state index contributed by atoms with van der Waals surface area (Å²) < 4.78 is 0. The first-order chi connectivity index (χ1) is 6.34. The number of likely N-dealkylation sites (tertiary alicyclic amines) is 1. The van der Waals surface area contributed by atoms with Gasteiger partial charge < -0.3 is 4.90 Å². The van der Waals surface area contributed by atoms with Crippen molar-refractivity contribution in [3.63, 3.8) is 0 Å². The average molecular weight is 181 g/mol. The van der Waals surface area contributed by atoms with Gasteiger partial charge in [-0.3, -0.25) is 4.79 Å². The molecule has 1 aliphatic rings. The second-order valence-electron chi connectivity index (χ2n) is 3.62. The lowest BCUT2D eigenvalue weighted by molar-refractivity contribution is -0.131. The smallest absolute Gasteiger partial charge is 0.222 e. The first-order valence-corrected chi connectivity index (χ1v) is 5.23. The zero-order valence-corrected chi connectivity index (χ0v) is 8.30. The molecule has 0 atom stereocenters. The van der Waals surface area contributed by atoms with Gasteiger partial charge in [0.1, 0.15) is 0 Å². The molecule has 0 aliphatic carbocycles. The van der Waals surface area contributed by atoms with Crippen molar-refractivity contribution in [2.75, 3.05) is 13.1 Å². The molecule has 0 unspecified atom stereocenters. The van der Waals surface area contributed by atoms with E-state index in [-0.39, 0.29) is 0 Å². The monoisotopic (exact) mass is 181 g/mol. The first-order valence-electron chi connectivity index (χ1n) is 5.23. The number of carbonyl (C=O) groups excluding carboxylic acids is 1. The Morgan fingerprint density at radius 2 is 2.08 bits per heavy atom. The largest absolute Gasteiger partial charge is 0.342 e. The van der Waals surface area contributed by atoms with Crippen LogP contribution >= 0.6 is 0 Å². The van der Waals surface area contributed by atoms with Crippen molar-refractivity contribution >= 4 is 5.91 Å². The van der Waals surface area contributed by atoms with Gasteiger partial charge in [0.05, 0.1) is 0 Å². The highest BCUT2D eigenvalue weighted by Crippen LogP contribution is 2.11. The van der Waals surface area contributed by atoms with E-state index in [0.717, 1.165) is 32.4 Å². The van der Waals surface area contributed by atoms with Crippen LogP contribution < -0.4 is 0 Å². The predicted molar refractivity (Wildman–Crippen MR) is 54.5 cm³/mol. The molecular formula is C11H19NO. The molecule has 1 rings (SSSR count). The molecule has 1 amide bonds. The SMILES string of the molecule is C=CCCN1CCCCCCC1=O. The van der Waals surface area contributed by atoms with Crippen LogP contribution in [0.25, 0.3) is 0 Å². The summed E-state index contributed by atoms with van der Waals surface area (Å²) in [5.74, 6) is 0.335. The Morgan fingerprint density at radius 1 is 1.31 bits per heavy atom. The fraction of sp³-hybridized carbons (Fsp3) is 0.727. The van der Waals surface area contributed by atoms with Crippen molar-refractivity contribution in [1.29, 1.82) is 0 Å². The van der Waals surface area contributed by atoms with Crippen LogP contribution in [0.4, 0.5) is 0 Å². The Hall–Kier alpha value is -0.790. The van der Waals surface area contributed by atoms with E-state index in [1.165, 1.54) is 19.3 Å². The van der Waals surface area contributed by atoms with Crippen molar-refractivity contribution < 1.29 is 4.79 Å². The second-order valence-corrected chi connectivity index (χ2v) is 3.62. The summed E-state index contributed by atoms with van der Waals surface area (Å²) in [5.41, 5.74) is 0. The molecule has 0 aromatic rings. The summed E-state index contributed by atoms with van der Waals surface area (Å²) in [5, 5.41) is 0. The molecule has 2 nitrogen and oxygen atoms in total. The molecule has 1 aliphatic heterocycles. The molecule has 1 heterocycles. The minimum Gasteiger partial charge on any atom is -0.342 e. The van der Waals surface area contributed by atoms with Gasteiger partial charge in [-0.2, -0.15) is 0 Å². The highest BCUT2D eigenvalue weighted by molar-refractivity contribution is 5.76. The van der Waals surface area contributed by atoms with Gasteiger partial charge in [0.15, 0.2) is 0 Å². The van der Waals surface area contributed by atoms with E-state index in [2.05, 4.69) is 6.58 Å². The molecule has 1 saturated heterocycles. The Kier molecular flexibility index (Phi) is 4.58. The van der Waals surface area contributed by atoms with Crippen LogP contribution in [0, 0.1) is 0 Å². The third-order valence-corrected chi connectivity index (χ3v) is 2.52. The van der Waals surface area contributed by atoms with E-state index >= 15 is 0 Å². The summed E-state index contributed by atoms with van der Waals surface area (Å²) in [4.78, 5) is 13.6. The molecule has 0 bridgehead atoms. The molecule has 0 spiro atoms. The van der Waals surface area contributed by atoms with E-state index in [9.17, 15) is 4.79 Å². The van der Waals surface area contributed by atoms with Crippen LogP contribution in [-0.2, 0) is 4.79 Å². The number of rotatable bonds is 3. The van der Waals surface area contributed by atoms with E-state index in [4.69, 9.17) is 0 Å². The Labute approximate surface area is 80.6 Å². The summed E-state index contributed by atoms with van der Waals surface area (Å²) >= 11 is 0. The van der Waals surface area contributed by atoms with E-state index < -0.39 is 0 Å². The molecule has 0 saturated carbocycles. The molecule has 0 aromatic carbocycles. The Bertz CT molecular complexity index is 177. The lowest BCUT2D eigenvalue weighted by atomic mass is 10.1. The number of amides is 1. The highest BCUT2D eigenvalue weighted by atomic mass is 16.2. The molecular weight excluding hydrogens is 162 g/mol. The van der Waals surface area contributed by atoms with Gasteiger partial charge >= 0.3 is 0 Å². The van der Waals surface area contributed by atoms with Crippen LogP contribution in [0.5, 0.6) is 0 Å². The van der Waals surface area contributed by atoms with Gasteiger partial charge in [0, 0.05) is 19.5 Å². The summed E-state index contributed by atoms with van der Waals surface area (Å²) in [6.45, 7) is 5.49. The van der Waals surface area contributed by atoms with Gasteiger partial charge in [0.2, 0.25) is 5.91 Å². The van der Waals surface area contributed by atoms with Crippen LogP contribution in [-0.4, -0.2) is 23.9 Å². The normalized spacial score (nSPS) is 19.4. The van der Waals surface area contributed by atoms with Crippen LogP contribution in [0.1, 0.15) is 38.5 Å². The summed E-state index contributed by atoms with van der Waals surface area (Å²) in [7, 11) is 0. The van der Waals surface area contributed by atoms with Crippen molar-refractivity contribution in [2.45, 2.75) is 38.5 Å². The van der Waals surface area contributed by atoms with Crippen molar-refractivity contribution in [2.24, 2.45) is 0 Å². The zero-order valence-electron chi connectivity index (χ0n) is 8.30. The van der Waals surface area contributed by atoms with E-state index in [1.807, 2.05) is 11.0 Å². The van der Waals surface area contributed by atoms with Gasteiger partial charge in [0.25, 0.3) is 0 Å². The second kappa shape index (κ2) is 5.79. The first kappa shape index (κ1) is 10.3. The summed E-state index contributed by atoms with van der Waals surface area (Å²) in [6.07, 6.45) is 8.29. The molecule has 0 radical (unpaired) electrons. The van der Waals surface area contributed by atoms with E-state index in [1.54, 1.807) is 0 Å². The maximum absolute atomic E-state index is 11.6. The summed E-state index contributed by atoms with van der Waals surface area (Å²) in [6, 6.07) is 0. The molecule has 0 aromatic heterocycles. The van der Waals surface area contributed by atoms with Crippen molar-refractivity contribution in [1.82, 2.24) is 4.90 Å². The fourth-order valence-electron chi connectivity index (χ4n) is 1.70. The van der Waals surface area contributed by atoms with Crippen molar-refractivity contribution in [3.05, 3.63) is 12.7 Å². The van der Waals surface area contributed by atoms with Gasteiger partial charge in [-0.25, -0.2) is 0 Å². The predicted octanol–water partition coefficient (Wildman–Crippen LogP) is 2.36. The van der Waals surface area contributed by atoms with E-state index in [0.29, 0.717) is 5.91 Å². The third kappa shape index (κ3) is 3.62. The van der Waals surface area contributed by atoms with Crippen LogP contribution in [0.15, 0.2) is 12.7 Å². The Balaban J connectivity index is 2.36. The standard InChI is InChI=1S/C11H19NO/c1-2-3-9-12-10-7-5-4-6-8-11(12)13/h2H,1,3-10H2. The lowest BCUT2D eigenvalue weighted by Crippen LogP contribution is -2.33. The maximum atomic E-state index is 11.6. The minimum absolute atomic E-state index is 0.335. The molecule has 74 valence electrons. The molecule has 0 N–H and O–H groups in total. The van der Waals surface area contributed by atoms with Crippen LogP contribution in [0.2, 0.25) is 0 Å². The topological polar surface area (TPSA) is 20.3 Å². The van der Waals surface area contributed by atoms with Gasteiger partial charge in [-0.15, -0.1) is 6.58 Å². The lowest BCUT2D eigenvalue weighted by Gasteiger charge is -2.24. The minimum atomic E-state index is 0.335. The number of hydrogen-bond acceptors (Lipinski definition) is 1. The van der Waals surface area contributed by atoms with Crippen LogP contribution in [0.3, 0.4) is 0 Å². The third-order valence-electron chi connectivity index (χ3n) is 2.52. The Morgan fingerprint density at radius 3 is 2.85 bits per heavy atom. The molecule has 2 heteroatoms. The number of carbonyl (C=O) groups is 1. The van der Waals surface area contributed by atoms with Gasteiger partial charge in [-0.1, -0.05) is 18.9 Å². The van der Waals surface area contributed by atoms with Crippen molar-refractivity contribution in [3.8, 4) is 0 Å². The van der Waals surface area contributed by atoms with Gasteiger partial charge in [-0.05, 0) is 19.3 Å². The molecule has 13 heavy (non-hydrogen) atoms. The number of hydrogen-bond donors (Lipinski definition) is 0. The quantitative estimate of drug-likeness (QED) is 0.612. The number of nitrogens with zero attached hydrogens (tertiary/aromatic N) is 1. The highest BCUT2D eigenvalue weighted by Gasteiger charge is 2.13. The maximum Gasteiger partial charge on any atom is 0.222 e. The molecule has 1 fully saturated rings. The average Bonchev–Trinajstić information content (AvgIpc) is 2.11.